The summed E-state index contributed by atoms with van der Waals surface area (Å²) in [6.45, 7) is 7.88. The number of rotatable bonds is 3. The van der Waals surface area contributed by atoms with Crippen LogP contribution in [0.15, 0.2) is 41.6 Å². The van der Waals surface area contributed by atoms with Crippen LogP contribution in [0.1, 0.15) is 32.8 Å². The number of fused-ring (bicyclic) bond motifs is 1. The SMILES string of the molecule is Cc1ccc(-n2ncc3c(=O)n(NC(=O)CC(C)(C)C)cnc32)cc1. The molecule has 0 unspecified atom stereocenters. The molecule has 0 fully saturated rings. The average Bonchev–Trinajstić information content (AvgIpc) is 2.94. The minimum atomic E-state index is -0.356. The maximum atomic E-state index is 12.6. The van der Waals surface area contributed by atoms with Crippen molar-refractivity contribution in [3.8, 4) is 5.69 Å². The van der Waals surface area contributed by atoms with Gasteiger partial charge in [-0.1, -0.05) is 38.5 Å². The van der Waals surface area contributed by atoms with Gasteiger partial charge in [-0.15, -0.1) is 0 Å². The van der Waals surface area contributed by atoms with E-state index in [4.69, 9.17) is 0 Å². The fraction of sp³-hybridized carbons (Fsp3) is 0.333. The van der Waals surface area contributed by atoms with Gasteiger partial charge in [0.15, 0.2) is 5.65 Å². The number of nitrogens with zero attached hydrogens (tertiary/aromatic N) is 4. The number of aromatic nitrogens is 4. The van der Waals surface area contributed by atoms with Crippen LogP contribution in [0.5, 0.6) is 0 Å². The van der Waals surface area contributed by atoms with E-state index in [2.05, 4.69) is 15.5 Å². The van der Waals surface area contributed by atoms with E-state index in [0.29, 0.717) is 17.5 Å². The zero-order valence-electron chi connectivity index (χ0n) is 14.8. The molecule has 2 heterocycles. The molecule has 130 valence electrons. The molecule has 0 spiro atoms. The van der Waals surface area contributed by atoms with E-state index in [1.807, 2.05) is 52.0 Å². The van der Waals surface area contributed by atoms with Crippen molar-refractivity contribution in [2.24, 2.45) is 5.41 Å². The number of hydrogen-bond acceptors (Lipinski definition) is 4. The highest BCUT2D eigenvalue weighted by molar-refractivity contribution is 5.84. The molecule has 2 aromatic heterocycles. The Kier molecular flexibility index (Phi) is 4.16. The van der Waals surface area contributed by atoms with Crippen molar-refractivity contribution in [3.05, 3.63) is 52.7 Å². The third kappa shape index (κ3) is 3.60. The van der Waals surface area contributed by atoms with Gasteiger partial charge in [0.2, 0.25) is 5.91 Å². The first kappa shape index (κ1) is 16.9. The number of hydrogen-bond donors (Lipinski definition) is 1. The van der Waals surface area contributed by atoms with Crippen LogP contribution in [0.2, 0.25) is 0 Å². The molecule has 0 aliphatic heterocycles. The van der Waals surface area contributed by atoms with Crippen LogP contribution in [-0.2, 0) is 4.79 Å². The van der Waals surface area contributed by atoms with Gasteiger partial charge in [0.05, 0.1) is 11.9 Å². The molecule has 0 radical (unpaired) electrons. The van der Waals surface area contributed by atoms with E-state index in [1.165, 1.54) is 12.5 Å². The van der Waals surface area contributed by atoms with Gasteiger partial charge >= 0.3 is 0 Å². The summed E-state index contributed by atoms with van der Waals surface area (Å²) in [7, 11) is 0. The molecular weight excluding hydrogens is 318 g/mol. The number of aryl methyl sites for hydroxylation is 1. The van der Waals surface area contributed by atoms with Crippen LogP contribution in [0.3, 0.4) is 0 Å². The summed E-state index contributed by atoms with van der Waals surface area (Å²) >= 11 is 0. The monoisotopic (exact) mass is 339 g/mol. The van der Waals surface area contributed by atoms with E-state index in [0.717, 1.165) is 15.9 Å². The second-order valence-electron chi connectivity index (χ2n) is 7.32. The van der Waals surface area contributed by atoms with Gasteiger partial charge in [-0.2, -0.15) is 5.10 Å². The Bertz CT molecular complexity index is 977. The van der Waals surface area contributed by atoms with E-state index < -0.39 is 0 Å². The van der Waals surface area contributed by atoms with Crippen LogP contribution in [-0.4, -0.2) is 25.3 Å². The molecule has 3 aromatic rings. The minimum absolute atomic E-state index is 0.165. The lowest BCUT2D eigenvalue weighted by atomic mass is 9.92. The first-order chi connectivity index (χ1) is 11.7. The third-order valence-electron chi connectivity index (χ3n) is 3.70. The van der Waals surface area contributed by atoms with Gasteiger partial charge in [-0.3, -0.25) is 15.0 Å². The maximum absolute atomic E-state index is 12.6. The second kappa shape index (κ2) is 6.16. The van der Waals surface area contributed by atoms with Gasteiger partial charge in [0.1, 0.15) is 11.7 Å². The first-order valence-electron chi connectivity index (χ1n) is 8.07. The van der Waals surface area contributed by atoms with Crippen molar-refractivity contribution in [1.82, 2.24) is 19.4 Å². The molecule has 1 amide bonds. The van der Waals surface area contributed by atoms with E-state index >= 15 is 0 Å². The average molecular weight is 339 g/mol. The van der Waals surface area contributed by atoms with Gasteiger partial charge in [0, 0.05) is 6.42 Å². The van der Waals surface area contributed by atoms with E-state index in [-0.39, 0.29) is 16.9 Å². The summed E-state index contributed by atoms with van der Waals surface area (Å²) in [5, 5.41) is 4.61. The predicted octanol–water partition coefficient (Wildman–Crippen LogP) is 2.40. The lowest BCUT2D eigenvalue weighted by Crippen LogP contribution is -2.34. The highest BCUT2D eigenvalue weighted by Crippen LogP contribution is 2.18. The Balaban J connectivity index is 1.95. The van der Waals surface area contributed by atoms with Crippen molar-refractivity contribution in [1.29, 1.82) is 0 Å². The van der Waals surface area contributed by atoms with Gasteiger partial charge < -0.3 is 0 Å². The molecule has 1 aromatic carbocycles. The molecule has 7 nitrogen and oxygen atoms in total. The standard InChI is InChI=1S/C18H21N5O2/c1-12-5-7-13(8-6-12)23-16-14(10-20-23)17(25)22(11-19-16)21-15(24)9-18(2,3)4/h5-8,10-11H,9H2,1-4H3,(H,21,24). The number of benzene rings is 1. The highest BCUT2D eigenvalue weighted by atomic mass is 16.2. The Morgan fingerprint density at radius 2 is 1.88 bits per heavy atom. The van der Waals surface area contributed by atoms with Crippen LogP contribution in [0.25, 0.3) is 16.7 Å². The maximum Gasteiger partial charge on any atom is 0.283 e. The number of nitrogens with one attached hydrogen (secondary N) is 1. The van der Waals surface area contributed by atoms with Crippen molar-refractivity contribution >= 4 is 16.9 Å². The largest absolute Gasteiger partial charge is 0.283 e. The number of carbonyl (C=O) groups is 1. The highest BCUT2D eigenvalue weighted by Gasteiger charge is 2.17. The van der Waals surface area contributed by atoms with Crippen LogP contribution in [0.4, 0.5) is 0 Å². The van der Waals surface area contributed by atoms with Crippen molar-refractivity contribution in [2.75, 3.05) is 5.43 Å². The lowest BCUT2D eigenvalue weighted by Gasteiger charge is -2.17. The Morgan fingerprint density at radius 3 is 2.52 bits per heavy atom. The number of carbonyl (C=O) groups excluding carboxylic acids is 1. The van der Waals surface area contributed by atoms with Crippen LogP contribution >= 0.6 is 0 Å². The van der Waals surface area contributed by atoms with Crippen LogP contribution < -0.4 is 11.0 Å². The summed E-state index contributed by atoms with van der Waals surface area (Å²) in [6, 6.07) is 7.77. The molecule has 0 aliphatic carbocycles. The van der Waals surface area contributed by atoms with Crippen molar-refractivity contribution in [2.45, 2.75) is 34.1 Å². The topological polar surface area (TPSA) is 81.8 Å². The Labute approximate surface area is 145 Å². The molecule has 0 bridgehead atoms. The third-order valence-corrected chi connectivity index (χ3v) is 3.70. The molecule has 25 heavy (non-hydrogen) atoms. The Hall–Kier alpha value is -2.96. The normalized spacial score (nSPS) is 11.7. The molecule has 0 atom stereocenters. The summed E-state index contributed by atoms with van der Waals surface area (Å²) in [6.07, 6.45) is 3.09. The first-order valence-corrected chi connectivity index (χ1v) is 8.07. The van der Waals surface area contributed by atoms with E-state index in [9.17, 15) is 9.59 Å². The minimum Gasteiger partial charge on any atom is -0.273 e. The predicted molar refractivity (Wildman–Crippen MR) is 96.3 cm³/mol. The molecule has 7 heteroatoms. The van der Waals surface area contributed by atoms with Gasteiger partial charge in [0.25, 0.3) is 5.56 Å². The molecule has 0 saturated heterocycles. The smallest absolute Gasteiger partial charge is 0.273 e. The fourth-order valence-corrected chi connectivity index (χ4v) is 2.52. The zero-order valence-corrected chi connectivity index (χ0v) is 14.8. The van der Waals surface area contributed by atoms with E-state index in [1.54, 1.807) is 4.68 Å². The van der Waals surface area contributed by atoms with Gasteiger partial charge in [-0.05, 0) is 24.5 Å². The van der Waals surface area contributed by atoms with Crippen molar-refractivity contribution < 1.29 is 4.79 Å². The molecule has 0 saturated carbocycles. The lowest BCUT2D eigenvalue weighted by molar-refractivity contribution is -0.118. The van der Waals surface area contributed by atoms with Gasteiger partial charge in [-0.25, -0.2) is 14.3 Å². The summed E-state index contributed by atoms with van der Waals surface area (Å²) in [5.74, 6) is -0.235. The molecule has 3 rings (SSSR count). The Morgan fingerprint density at radius 1 is 1.20 bits per heavy atom. The zero-order chi connectivity index (χ0) is 18.2. The van der Waals surface area contributed by atoms with Crippen LogP contribution in [0, 0.1) is 12.3 Å². The summed E-state index contributed by atoms with van der Waals surface area (Å²) < 4.78 is 2.72. The molecule has 0 aliphatic rings. The summed E-state index contributed by atoms with van der Waals surface area (Å²) in [4.78, 5) is 28.9. The molecular formula is C18H21N5O2. The van der Waals surface area contributed by atoms with Crippen molar-refractivity contribution in [3.63, 3.8) is 0 Å². The quantitative estimate of drug-likeness (QED) is 0.794. The number of amides is 1. The second-order valence-corrected chi connectivity index (χ2v) is 7.32. The molecule has 1 N–H and O–H groups in total. The summed E-state index contributed by atoms with van der Waals surface area (Å²) in [5.41, 5.74) is 4.47. The fourth-order valence-electron chi connectivity index (χ4n) is 2.52.